The minimum Gasteiger partial charge on any atom is -0.357 e. The molecular weight excluding hydrogens is 376 g/mol. The van der Waals surface area contributed by atoms with Crippen molar-refractivity contribution >= 4 is 16.0 Å². The van der Waals surface area contributed by atoms with Crippen LogP contribution >= 0.6 is 0 Å². The highest BCUT2D eigenvalue weighted by atomic mass is 32.2. The third kappa shape index (κ3) is 3.00. The van der Waals surface area contributed by atoms with Gasteiger partial charge in [0.25, 0.3) is 0 Å². The highest BCUT2D eigenvalue weighted by Crippen LogP contribution is 2.43. The molecule has 2 aromatic rings. The molecule has 3 heterocycles. The lowest BCUT2D eigenvalue weighted by Crippen LogP contribution is -2.50. The van der Waals surface area contributed by atoms with Gasteiger partial charge in [0.05, 0.1) is 35.2 Å². The fraction of sp³-hybridized carbons (Fsp3) is 0.632. The molecule has 0 amide bonds. The summed E-state index contributed by atoms with van der Waals surface area (Å²) in [6.07, 6.45) is 8.43. The van der Waals surface area contributed by atoms with Crippen LogP contribution in [-0.2, 0) is 28.4 Å². The molecule has 0 unspecified atom stereocenters. The van der Waals surface area contributed by atoms with Crippen LogP contribution in [0.25, 0.3) is 11.4 Å². The van der Waals surface area contributed by atoms with Crippen molar-refractivity contribution in [3.05, 3.63) is 23.8 Å². The van der Waals surface area contributed by atoms with Crippen molar-refractivity contribution < 1.29 is 8.42 Å². The Hall–Kier alpha value is -2.00. The topological polar surface area (TPSA) is 93.0 Å². The minimum absolute atomic E-state index is 0.179. The first kappa shape index (κ1) is 19.3. The third-order valence-electron chi connectivity index (χ3n) is 6.40. The molecule has 1 fully saturated rings. The zero-order valence-electron chi connectivity index (χ0n) is 16.9. The van der Waals surface area contributed by atoms with E-state index in [1.165, 1.54) is 6.26 Å². The highest BCUT2D eigenvalue weighted by Gasteiger charge is 2.43. The normalized spacial score (nSPS) is 19.3. The zero-order valence-corrected chi connectivity index (χ0v) is 17.8. The van der Waals surface area contributed by atoms with Gasteiger partial charge in [0.1, 0.15) is 0 Å². The summed E-state index contributed by atoms with van der Waals surface area (Å²) in [6.45, 7) is 5.49. The maximum Gasteiger partial charge on any atom is 0.223 e. The first-order chi connectivity index (χ1) is 13.3. The summed E-state index contributed by atoms with van der Waals surface area (Å²) in [4.78, 5) is 13.9. The first-order valence-corrected chi connectivity index (χ1v) is 11.7. The molecule has 0 saturated carbocycles. The summed E-state index contributed by atoms with van der Waals surface area (Å²) in [5.41, 5.74) is 4.05. The van der Waals surface area contributed by atoms with Crippen molar-refractivity contribution in [3.63, 3.8) is 0 Å². The third-order valence-corrected chi connectivity index (χ3v) is 7.70. The number of sulfonamides is 1. The molecule has 4 rings (SSSR count). The molecule has 0 spiro atoms. The number of aryl methyl sites for hydroxylation is 2. The molecule has 1 aliphatic heterocycles. The van der Waals surface area contributed by atoms with Gasteiger partial charge in [-0.3, -0.25) is 0 Å². The molecule has 152 valence electrons. The number of fused-ring (bicyclic) bond motifs is 3. The van der Waals surface area contributed by atoms with E-state index in [9.17, 15) is 8.42 Å². The number of hydrogen-bond acceptors (Lipinski definition) is 6. The number of nitrogens with one attached hydrogen (secondary N) is 1. The molecule has 2 aliphatic rings. The van der Waals surface area contributed by atoms with Crippen LogP contribution in [0.5, 0.6) is 0 Å². The van der Waals surface area contributed by atoms with Gasteiger partial charge in [-0.1, -0.05) is 13.8 Å². The molecular formula is C19H28N6O2S. The lowest BCUT2D eigenvalue weighted by Gasteiger charge is -2.46. The van der Waals surface area contributed by atoms with Crippen LogP contribution < -0.4 is 5.32 Å². The SMILES string of the molecule is CNc1ncc2c(n1)-c1c(ncn1C1(C(C)C)CCN(S(C)(=O)=O)CC1)CC2. The number of hydrogen-bond donors (Lipinski definition) is 1. The van der Waals surface area contributed by atoms with E-state index in [2.05, 4.69) is 28.7 Å². The number of aromatic nitrogens is 4. The Morgan fingerprint density at radius 2 is 1.89 bits per heavy atom. The summed E-state index contributed by atoms with van der Waals surface area (Å²) in [7, 11) is -1.35. The summed E-state index contributed by atoms with van der Waals surface area (Å²) >= 11 is 0. The number of imidazole rings is 1. The van der Waals surface area contributed by atoms with Crippen LogP contribution in [-0.4, -0.2) is 58.6 Å². The summed E-state index contributed by atoms with van der Waals surface area (Å²) in [5.74, 6) is 0.938. The van der Waals surface area contributed by atoms with E-state index in [0.717, 1.165) is 48.3 Å². The van der Waals surface area contributed by atoms with Crippen molar-refractivity contribution in [2.45, 2.75) is 45.1 Å². The maximum absolute atomic E-state index is 12.0. The zero-order chi connectivity index (χ0) is 20.1. The Morgan fingerprint density at radius 1 is 1.18 bits per heavy atom. The van der Waals surface area contributed by atoms with Crippen molar-refractivity contribution in [2.24, 2.45) is 5.92 Å². The standard InChI is InChI=1S/C19H28N6O2S/c1-13(2)19(7-9-24(10-8-19)28(4,26)27)25-12-22-15-6-5-14-11-21-18(20-3)23-16(14)17(15)25/h11-13H,5-10H2,1-4H3,(H,20,21,23). The van der Waals surface area contributed by atoms with Crippen LogP contribution in [0.3, 0.4) is 0 Å². The van der Waals surface area contributed by atoms with Crippen molar-refractivity contribution in [1.29, 1.82) is 0 Å². The Labute approximate surface area is 166 Å². The van der Waals surface area contributed by atoms with E-state index in [1.54, 1.807) is 4.31 Å². The summed E-state index contributed by atoms with van der Waals surface area (Å²) in [5, 5.41) is 3.03. The molecule has 9 heteroatoms. The van der Waals surface area contributed by atoms with Crippen molar-refractivity contribution in [3.8, 4) is 11.4 Å². The quantitative estimate of drug-likeness (QED) is 0.836. The second-order valence-corrected chi connectivity index (χ2v) is 10.1. The van der Waals surface area contributed by atoms with E-state index >= 15 is 0 Å². The predicted octanol–water partition coefficient (Wildman–Crippen LogP) is 1.89. The smallest absolute Gasteiger partial charge is 0.223 e. The average Bonchev–Trinajstić information content (AvgIpc) is 3.11. The molecule has 2 aromatic heterocycles. The Kier molecular flexibility index (Phi) is 4.70. The van der Waals surface area contributed by atoms with Gasteiger partial charge in [-0.15, -0.1) is 0 Å². The lowest BCUT2D eigenvalue weighted by molar-refractivity contribution is 0.106. The second kappa shape index (κ2) is 6.81. The predicted molar refractivity (Wildman–Crippen MR) is 109 cm³/mol. The first-order valence-electron chi connectivity index (χ1n) is 9.82. The van der Waals surface area contributed by atoms with Crippen LogP contribution in [0.4, 0.5) is 5.95 Å². The Morgan fingerprint density at radius 3 is 2.50 bits per heavy atom. The monoisotopic (exact) mass is 404 g/mol. The van der Waals surface area contributed by atoms with Crippen molar-refractivity contribution in [1.82, 2.24) is 23.8 Å². The summed E-state index contributed by atoms with van der Waals surface area (Å²) < 4.78 is 27.9. The van der Waals surface area contributed by atoms with E-state index in [1.807, 2.05) is 19.6 Å². The summed E-state index contributed by atoms with van der Waals surface area (Å²) in [6, 6.07) is 0. The molecule has 1 N–H and O–H groups in total. The van der Waals surface area contributed by atoms with Gasteiger partial charge >= 0.3 is 0 Å². The molecule has 1 aliphatic carbocycles. The molecule has 0 bridgehead atoms. The van der Waals surface area contributed by atoms with Gasteiger partial charge in [-0.05, 0) is 37.2 Å². The van der Waals surface area contributed by atoms with E-state index in [0.29, 0.717) is 25.0 Å². The van der Waals surface area contributed by atoms with Crippen LogP contribution in [0.2, 0.25) is 0 Å². The average molecular weight is 405 g/mol. The highest BCUT2D eigenvalue weighted by molar-refractivity contribution is 7.88. The Bertz CT molecular complexity index is 990. The fourth-order valence-corrected chi connectivity index (χ4v) is 5.47. The van der Waals surface area contributed by atoms with Gasteiger partial charge in [0, 0.05) is 26.3 Å². The number of anilines is 1. The van der Waals surface area contributed by atoms with Gasteiger partial charge in [-0.25, -0.2) is 27.7 Å². The van der Waals surface area contributed by atoms with E-state index in [4.69, 9.17) is 9.97 Å². The Balaban J connectivity index is 1.80. The molecule has 0 atom stereocenters. The van der Waals surface area contributed by atoms with Crippen LogP contribution in [0.1, 0.15) is 37.9 Å². The van der Waals surface area contributed by atoms with Gasteiger partial charge < -0.3 is 9.88 Å². The molecule has 28 heavy (non-hydrogen) atoms. The number of rotatable bonds is 4. The van der Waals surface area contributed by atoms with Gasteiger partial charge in [0.2, 0.25) is 16.0 Å². The fourth-order valence-electron chi connectivity index (χ4n) is 4.63. The maximum atomic E-state index is 12.0. The molecule has 8 nitrogen and oxygen atoms in total. The molecule has 0 aromatic carbocycles. The van der Waals surface area contributed by atoms with Gasteiger partial charge in [0.15, 0.2) is 0 Å². The molecule has 0 radical (unpaired) electrons. The number of piperidine rings is 1. The largest absolute Gasteiger partial charge is 0.357 e. The van der Waals surface area contributed by atoms with Crippen molar-refractivity contribution in [2.75, 3.05) is 31.7 Å². The van der Waals surface area contributed by atoms with E-state index in [-0.39, 0.29) is 5.54 Å². The number of nitrogens with zero attached hydrogens (tertiary/aromatic N) is 5. The molecule has 1 saturated heterocycles. The minimum atomic E-state index is -3.17. The van der Waals surface area contributed by atoms with Gasteiger partial charge in [-0.2, -0.15) is 0 Å². The second-order valence-electron chi connectivity index (χ2n) is 8.15. The van der Waals surface area contributed by atoms with E-state index < -0.39 is 10.0 Å². The lowest BCUT2D eigenvalue weighted by atomic mass is 9.77. The van der Waals surface area contributed by atoms with Crippen LogP contribution in [0.15, 0.2) is 12.5 Å². The van der Waals surface area contributed by atoms with Crippen LogP contribution in [0, 0.1) is 5.92 Å².